The van der Waals surface area contributed by atoms with Gasteiger partial charge in [-0.05, 0) is 26.2 Å². The molecule has 0 radical (unpaired) electrons. The number of rotatable bonds is 3. The van der Waals surface area contributed by atoms with Gasteiger partial charge >= 0.3 is 0 Å². The number of carbonyl (C=O) groups excluding carboxylic acids is 1. The summed E-state index contributed by atoms with van der Waals surface area (Å²) in [5.74, 6) is -0.157. The summed E-state index contributed by atoms with van der Waals surface area (Å²) in [4.78, 5) is 17.2. The third-order valence-corrected chi connectivity index (χ3v) is 4.61. The number of pyridine rings is 1. The van der Waals surface area contributed by atoms with Gasteiger partial charge in [0.15, 0.2) is 0 Å². The van der Waals surface area contributed by atoms with Gasteiger partial charge in [0, 0.05) is 35.9 Å². The Morgan fingerprint density at radius 2 is 2.08 bits per heavy atom. The molecule has 0 bridgehead atoms. The summed E-state index contributed by atoms with van der Waals surface area (Å²) in [5.41, 5.74) is 1.52. The molecule has 0 aliphatic carbocycles. The molecular formula is C19H25N3O2. The molecule has 2 heterocycles. The molecule has 1 unspecified atom stereocenters. The second kappa shape index (κ2) is 6.87. The van der Waals surface area contributed by atoms with Gasteiger partial charge in [-0.2, -0.15) is 0 Å². The van der Waals surface area contributed by atoms with Crippen molar-refractivity contribution in [1.82, 2.24) is 15.6 Å². The first-order chi connectivity index (χ1) is 11.5. The van der Waals surface area contributed by atoms with E-state index in [0.717, 1.165) is 28.6 Å². The van der Waals surface area contributed by atoms with Crippen molar-refractivity contribution in [3.8, 4) is 0 Å². The van der Waals surface area contributed by atoms with Gasteiger partial charge in [0.2, 0.25) is 5.91 Å². The minimum Gasteiger partial charge on any atom is -0.379 e. The lowest BCUT2D eigenvalue weighted by Gasteiger charge is -2.30. The molecule has 0 saturated carbocycles. The lowest BCUT2D eigenvalue weighted by Crippen LogP contribution is -2.47. The molecule has 2 N–H and O–H groups in total. The van der Waals surface area contributed by atoms with Crippen molar-refractivity contribution < 1.29 is 9.53 Å². The topological polar surface area (TPSA) is 63.2 Å². The van der Waals surface area contributed by atoms with E-state index in [1.54, 1.807) is 0 Å². The van der Waals surface area contributed by atoms with E-state index < -0.39 is 5.54 Å². The van der Waals surface area contributed by atoms with Crippen LogP contribution >= 0.6 is 0 Å². The number of ether oxygens (including phenoxy) is 1. The van der Waals surface area contributed by atoms with Crippen LogP contribution in [-0.2, 0) is 15.1 Å². The average Bonchev–Trinajstić information content (AvgIpc) is 2.84. The molecular weight excluding hydrogens is 302 g/mol. The zero-order chi connectivity index (χ0) is 17.2. The van der Waals surface area contributed by atoms with Crippen LogP contribution in [0.3, 0.4) is 0 Å². The van der Waals surface area contributed by atoms with Crippen LogP contribution in [0.5, 0.6) is 0 Å². The molecule has 1 aliphatic rings. The lowest BCUT2D eigenvalue weighted by molar-refractivity contribution is -0.128. The number of nitrogens with one attached hydrogen (secondary N) is 2. The number of fused-ring (bicyclic) bond motifs is 1. The second-order valence-corrected chi connectivity index (χ2v) is 6.89. The number of hydrogen-bond donors (Lipinski definition) is 2. The van der Waals surface area contributed by atoms with Gasteiger partial charge in [-0.25, -0.2) is 0 Å². The third-order valence-electron chi connectivity index (χ3n) is 4.61. The molecule has 1 atom stereocenters. The molecule has 5 nitrogen and oxygen atoms in total. The number of nitrogens with zero attached hydrogens (tertiary/aromatic N) is 1. The van der Waals surface area contributed by atoms with Crippen LogP contribution in [-0.4, -0.2) is 37.2 Å². The summed E-state index contributed by atoms with van der Waals surface area (Å²) in [6, 6.07) is 8.19. The highest BCUT2D eigenvalue weighted by molar-refractivity contribution is 5.89. The number of aryl methyl sites for hydroxylation is 1. The molecule has 1 fully saturated rings. The first kappa shape index (κ1) is 16.9. The first-order valence-electron chi connectivity index (χ1n) is 8.44. The van der Waals surface area contributed by atoms with Crippen molar-refractivity contribution in [1.29, 1.82) is 0 Å². The predicted molar refractivity (Wildman–Crippen MR) is 94.8 cm³/mol. The van der Waals surface area contributed by atoms with Crippen LogP contribution in [0, 0.1) is 12.8 Å². The Morgan fingerprint density at radius 3 is 2.88 bits per heavy atom. The van der Waals surface area contributed by atoms with Gasteiger partial charge in [0.1, 0.15) is 0 Å². The van der Waals surface area contributed by atoms with E-state index in [0.29, 0.717) is 19.8 Å². The van der Waals surface area contributed by atoms with Crippen molar-refractivity contribution in [2.45, 2.75) is 26.3 Å². The van der Waals surface area contributed by atoms with E-state index in [2.05, 4.69) is 27.8 Å². The number of benzene rings is 1. The molecule has 1 amide bonds. The Bertz CT molecular complexity index is 734. The maximum atomic E-state index is 12.7. The van der Waals surface area contributed by atoms with E-state index >= 15 is 0 Å². The van der Waals surface area contributed by atoms with Crippen molar-refractivity contribution >= 4 is 16.7 Å². The standard InChI is InChI=1S/C19H25N3O2/c1-13-15-6-4-5-7-16(15)17(11-21-13)19(2,3)22-18(23)14-10-20-8-9-24-12-14/h4-7,11,14,20H,8-10,12H2,1-3H3,(H,22,23). The Balaban J connectivity index is 1.87. The van der Waals surface area contributed by atoms with Crippen LogP contribution < -0.4 is 10.6 Å². The van der Waals surface area contributed by atoms with Crippen molar-refractivity contribution in [3.63, 3.8) is 0 Å². The highest BCUT2D eigenvalue weighted by Gasteiger charge is 2.29. The first-order valence-corrected chi connectivity index (χ1v) is 8.44. The summed E-state index contributed by atoms with van der Waals surface area (Å²) < 4.78 is 5.50. The monoisotopic (exact) mass is 327 g/mol. The fourth-order valence-corrected chi connectivity index (χ4v) is 3.18. The maximum absolute atomic E-state index is 12.7. The van der Waals surface area contributed by atoms with Crippen LogP contribution in [0.1, 0.15) is 25.1 Å². The average molecular weight is 327 g/mol. The van der Waals surface area contributed by atoms with Gasteiger partial charge in [-0.1, -0.05) is 24.3 Å². The molecule has 1 aromatic carbocycles. The minimum absolute atomic E-state index is 0.0130. The zero-order valence-electron chi connectivity index (χ0n) is 14.6. The molecule has 1 aromatic heterocycles. The SMILES string of the molecule is Cc1ncc(C(C)(C)NC(=O)C2CNCCOC2)c2ccccc12. The van der Waals surface area contributed by atoms with Gasteiger partial charge < -0.3 is 15.4 Å². The van der Waals surface area contributed by atoms with Gasteiger partial charge in [0.05, 0.1) is 24.7 Å². The zero-order valence-corrected chi connectivity index (χ0v) is 14.6. The molecule has 1 aliphatic heterocycles. The Hall–Kier alpha value is -1.98. The number of aromatic nitrogens is 1. The van der Waals surface area contributed by atoms with E-state index in [1.165, 1.54) is 0 Å². The van der Waals surface area contributed by atoms with Crippen LogP contribution in [0.2, 0.25) is 0 Å². The number of amides is 1. The van der Waals surface area contributed by atoms with E-state index in [9.17, 15) is 4.79 Å². The molecule has 0 spiro atoms. The van der Waals surface area contributed by atoms with E-state index in [4.69, 9.17) is 4.74 Å². The Kier molecular flexibility index (Phi) is 4.83. The molecule has 1 saturated heterocycles. The normalized spacial score (nSPS) is 19.0. The summed E-state index contributed by atoms with van der Waals surface area (Å²) in [6.07, 6.45) is 1.87. The molecule has 24 heavy (non-hydrogen) atoms. The molecule has 3 rings (SSSR count). The van der Waals surface area contributed by atoms with Gasteiger partial charge in [-0.15, -0.1) is 0 Å². The van der Waals surface area contributed by atoms with Gasteiger partial charge in [-0.3, -0.25) is 9.78 Å². The summed E-state index contributed by atoms with van der Waals surface area (Å²) in [6.45, 7) is 8.60. The number of hydrogen-bond acceptors (Lipinski definition) is 4. The summed E-state index contributed by atoms with van der Waals surface area (Å²) >= 11 is 0. The van der Waals surface area contributed by atoms with Crippen LogP contribution in [0.4, 0.5) is 0 Å². The quantitative estimate of drug-likeness (QED) is 0.906. The van der Waals surface area contributed by atoms with Crippen LogP contribution in [0.15, 0.2) is 30.5 Å². The highest BCUT2D eigenvalue weighted by Crippen LogP contribution is 2.29. The second-order valence-electron chi connectivity index (χ2n) is 6.89. The lowest BCUT2D eigenvalue weighted by atomic mass is 9.90. The van der Waals surface area contributed by atoms with Crippen LogP contribution in [0.25, 0.3) is 10.8 Å². The molecule has 5 heteroatoms. The fraction of sp³-hybridized carbons (Fsp3) is 0.474. The predicted octanol–water partition coefficient (Wildman–Crippen LogP) is 2.13. The third kappa shape index (κ3) is 3.42. The summed E-state index contributed by atoms with van der Waals surface area (Å²) in [7, 11) is 0. The molecule has 128 valence electrons. The van der Waals surface area contributed by atoms with Crippen molar-refractivity contribution in [2.24, 2.45) is 5.92 Å². The highest BCUT2D eigenvalue weighted by atomic mass is 16.5. The van der Waals surface area contributed by atoms with E-state index in [1.807, 2.05) is 39.1 Å². The summed E-state index contributed by atoms with van der Waals surface area (Å²) in [5, 5.41) is 8.68. The van der Waals surface area contributed by atoms with Crippen molar-refractivity contribution in [3.05, 3.63) is 41.7 Å². The minimum atomic E-state index is -0.510. The van der Waals surface area contributed by atoms with E-state index in [-0.39, 0.29) is 11.8 Å². The largest absolute Gasteiger partial charge is 0.379 e. The number of carbonyl (C=O) groups is 1. The fourth-order valence-electron chi connectivity index (χ4n) is 3.18. The molecule has 2 aromatic rings. The smallest absolute Gasteiger partial charge is 0.227 e. The Morgan fingerprint density at radius 1 is 1.33 bits per heavy atom. The van der Waals surface area contributed by atoms with Crippen molar-refractivity contribution in [2.75, 3.05) is 26.3 Å². The Labute approximate surface area is 142 Å². The van der Waals surface area contributed by atoms with Gasteiger partial charge in [0.25, 0.3) is 0 Å². The maximum Gasteiger partial charge on any atom is 0.227 e.